The van der Waals surface area contributed by atoms with Crippen molar-refractivity contribution >= 4 is 18.6 Å². The Morgan fingerprint density at radius 2 is 2.00 bits per heavy atom. The van der Waals surface area contributed by atoms with Crippen LogP contribution in [0.15, 0.2) is 0 Å². The van der Waals surface area contributed by atoms with Crippen LogP contribution in [0.4, 0.5) is 0 Å². The van der Waals surface area contributed by atoms with Crippen LogP contribution in [0.3, 0.4) is 0 Å². The van der Waals surface area contributed by atoms with Gasteiger partial charge in [0.15, 0.2) is 0 Å². The van der Waals surface area contributed by atoms with Gasteiger partial charge in [-0.15, -0.1) is 12.6 Å². The van der Waals surface area contributed by atoms with E-state index in [0.717, 1.165) is 0 Å². The molecular formula is C10H21NO3S. The molecule has 0 aliphatic rings. The van der Waals surface area contributed by atoms with Crippen molar-refractivity contribution < 1.29 is 14.3 Å². The van der Waals surface area contributed by atoms with Crippen molar-refractivity contribution in [3.05, 3.63) is 0 Å². The van der Waals surface area contributed by atoms with Gasteiger partial charge in [-0.25, -0.2) is 0 Å². The van der Waals surface area contributed by atoms with Crippen molar-refractivity contribution in [1.29, 1.82) is 0 Å². The highest BCUT2D eigenvalue weighted by Gasteiger charge is 2.13. The van der Waals surface area contributed by atoms with E-state index in [0.29, 0.717) is 19.2 Å². The quantitative estimate of drug-likeness (QED) is 0.395. The number of hydrogen-bond donors (Lipinski definition) is 2. The molecule has 5 heteroatoms. The average Bonchev–Trinajstić information content (AvgIpc) is 2.08. The SMILES string of the molecule is CC(=O)OC(CNC(C)C)COC(C)S. The number of hydrogen-bond acceptors (Lipinski definition) is 5. The predicted octanol–water partition coefficient (Wildman–Crippen LogP) is 1.21. The summed E-state index contributed by atoms with van der Waals surface area (Å²) >= 11 is 4.09. The molecule has 2 atom stereocenters. The molecule has 0 fully saturated rings. The number of carbonyl (C=O) groups is 1. The Morgan fingerprint density at radius 1 is 1.40 bits per heavy atom. The molecule has 0 radical (unpaired) electrons. The first-order valence-electron chi connectivity index (χ1n) is 5.12. The number of esters is 1. The minimum Gasteiger partial charge on any atom is -0.459 e. The molecule has 0 aliphatic carbocycles. The van der Waals surface area contributed by atoms with Crippen LogP contribution in [-0.4, -0.2) is 36.7 Å². The summed E-state index contributed by atoms with van der Waals surface area (Å²) in [5.74, 6) is -0.291. The van der Waals surface area contributed by atoms with E-state index in [1.54, 1.807) is 0 Å². The second-order valence-electron chi connectivity index (χ2n) is 3.73. The fourth-order valence-electron chi connectivity index (χ4n) is 0.983. The lowest BCUT2D eigenvalue weighted by atomic mass is 10.3. The highest BCUT2D eigenvalue weighted by molar-refractivity contribution is 7.80. The van der Waals surface area contributed by atoms with Gasteiger partial charge in [-0.2, -0.15) is 0 Å². The molecule has 15 heavy (non-hydrogen) atoms. The van der Waals surface area contributed by atoms with Gasteiger partial charge in [0, 0.05) is 19.5 Å². The molecule has 2 unspecified atom stereocenters. The summed E-state index contributed by atoms with van der Waals surface area (Å²) in [5, 5.41) is 3.19. The van der Waals surface area contributed by atoms with Gasteiger partial charge in [-0.1, -0.05) is 13.8 Å². The molecular weight excluding hydrogens is 214 g/mol. The van der Waals surface area contributed by atoms with E-state index in [2.05, 4.69) is 17.9 Å². The zero-order chi connectivity index (χ0) is 11.8. The van der Waals surface area contributed by atoms with Crippen LogP contribution in [0.5, 0.6) is 0 Å². The lowest BCUT2D eigenvalue weighted by Crippen LogP contribution is -2.37. The first-order chi connectivity index (χ1) is 6.91. The maximum absolute atomic E-state index is 10.8. The summed E-state index contributed by atoms with van der Waals surface area (Å²) in [7, 11) is 0. The molecule has 1 N–H and O–H groups in total. The van der Waals surface area contributed by atoms with Crippen molar-refractivity contribution in [3.8, 4) is 0 Å². The summed E-state index contributed by atoms with van der Waals surface area (Å²) in [6.07, 6.45) is -0.250. The van der Waals surface area contributed by atoms with Crippen LogP contribution in [0.25, 0.3) is 0 Å². The summed E-state index contributed by atoms with van der Waals surface area (Å²) in [6.45, 7) is 8.25. The largest absolute Gasteiger partial charge is 0.459 e. The van der Waals surface area contributed by atoms with E-state index in [-0.39, 0.29) is 17.5 Å². The zero-order valence-electron chi connectivity index (χ0n) is 9.82. The summed E-state index contributed by atoms with van der Waals surface area (Å²) in [6, 6.07) is 0.358. The molecule has 0 aliphatic heterocycles. The van der Waals surface area contributed by atoms with Crippen LogP contribution in [0, 0.1) is 0 Å². The highest BCUT2D eigenvalue weighted by atomic mass is 32.1. The summed E-state index contributed by atoms with van der Waals surface area (Å²) in [5.41, 5.74) is -0.151. The van der Waals surface area contributed by atoms with Gasteiger partial charge in [0.2, 0.25) is 0 Å². The average molecular weight is 235 g/mol. The van der Waals surface area contributed by atoms with Gasteiger partial charge < -0.3 is 14.8 Å². The normalized spacial score (nSPS) is 15.1. The van der Waals surface area contributed by atoms with Crippen LogP contribution in [0.1, 0.15) is 27.7 Å². The van der Waals surface area contributed by atoms with Crippen molar-refractivity contribution in [2.75, 3.05) is 13.2 Å². The molecule has 0 rings (SSSR count). The lowest BCUT2D eigenvalue weighted by Gasteiger charge is -2.20. The van der Waals surface area contributed by atoms with E-state index in [1.807, 2.05) is 20.8 Å². The number of nitrogens with one attached hydrogen (secondary N) is 1. The second kappa shape index (κ2) is 7.96. The molecule has 90 valence electrons. The molecule has 4 nitrogen and oxygen atoms in total. The van der Waals surface area contributed by atoms with Crippen molar-refractivity contribution in [3.63, 3.8) is 0 Å². The predicted molar refractivity (Wildman–Crippen MR) is 63.1 cm³/mol. The van der Waals surface area contributed by atoms with E-state index in [4.69, 9.17) is 9.47 Å². The maximum atomic E-state index is 10.8. The number of carbonyl (C=O) groups excluding carboxylic acids is 1. The minimum atomic E-state index is -0.291. The van der Waals surface area contributed by atoms with E-state index in [1.165, 1.54) is 6.92 Å². The Bertz CT molecular complexity index is 174. The van der Waals surface area contributed by atoms with Gasteiger partial charge in [-0.3, -0.25) is 4.79 Å². The minimum absolute atomic E-state index is 0.151. The first-order valence-corrected chi connectivity index (χ1v) is 5.63. The van der Waals surface area contributed by atoms with Gasteiger partial charge in [0.25, 0.3) is 0 Å². The number of ether oxygens (including phenoxy) is 2. The van der Waals surface area contributed by atoms with Crippen LogP contribution < -0.4 is 5.32 Å². The third-order valence-corrected chi connectivity index (χ3v) is 1.76. The third kappa shape index (κ3) is 10.0. The second-order valence-corrected chi connectivity index (χ2v) is 4.45. The molecule has 0 saturated heterocycles. The van der Waals surface area contributed by atoms with Gasteiger partial charge in [0.05, 0.1) is 12.0 Å². The molecule has 0 saturated carbocycles. The van der Waals surface area contributed by atoms with Crippen LogP contribution in [0.2, 0.25) is 0 Å². The molecule has 0 aromatic heterocycles. The summed E-state index contributed by atoms with van der Waals surface area (Å²) < 4.78 is 10.4. The zero-order valence-corrected chi connectivity index (χ0v) is 10.7. The topological polar surface area (TPSA) is 47.6 Å². The maximum Gasteiger partial charge on any atom is 0.303 e. The smallest absolute Gasteiger partial charge is 0.303 e. The highest BCUT2D eigenvalue weighted by Crippen LogP contribution is 2.00. The molecule has 0 bridgehead atoms. The van der Waals surface area contributed by atoms with E-state index in [9.17, 15) is 4.79 Å². The fraction of sp³-hybridized carbons (Fsp3) is 0.900. The fourth-order valence-corrected chi connectivity index (χ4v) is 1.07. The third-order valence-electron chi connectivity index (χ3n) is 1.61. The Labute approximate surface area is 97.1 Å². The Hall–Kier alpha value is -0.260. The van der Waals surface area contributed by atoms with E-state index >= 15 is 0 Å². The Kier molecular flexibility index (Phi) is 7.82. The van der Waals surface area contributed by atoms with Crippen LogP contribution in [-0.2, 0) is 14.3 Å². The molecule has 0 aromatic carbocycles. The number of rotatable bonds is 7. The lowest BCUT2D eigenvalue weighted by molar-refractivity contribution is -0.149. The van der Waals surface area contributed by atoms with Crippen molar-refractivity contribution in [1.82, 2.24) is 5.32 Å². The molecule has 0 spiro atoms. The molecule has 0 heterocycles. The van der Waals surface area contributed by atoms with Gasteiger partial charge in [0.1, 0.15) is 6.10 Å². The van der Waals surface area contributed by atoms with Gasteiger partial charge in [-0.05, 0) is 6.92 Å². The molecule has 0 aromatic rings. The Balaban J connectivity index is 3.89. The first kappa shape index (κ1) is 14.7. The standard InChI is InChI=1S/C10H21NO3S/c1-7(2)11-5-10(14-8(3)12)6-13-9(4)15/h7,9-11,15H,5-6H2,1-4H3. The molecule has 0 amide bonds. The summed E-state index contributed by atoms with van der Waals surface area (Å²) in [4.78, 5) is 10.8. The monoisotopic (exact) mass is 235 g/mol. The van der Waals surface area contributed by atoms with Crippen molar-refractivity contribution in [2.45, 2.75) is 45.3 Å². The Morgan fingerprint density at radius 3 is 2.40 bits per heavy atom. The van der Waals surface area contributed by atoms with Crippen LogP contribution >= 0.6 is 12.6 Å². The number of thiol groups is 1. The van der Waals surface area contributed by atoms with E-state index < -0.39 is 0 Å². The van der Waals surface area contributed by atoms with Crippen molar-refractivity contribution in [2.24, 2.45) is 0 Å². The van der Waals surface area contributed by atoms with Gasteiger partial charge >= 0.3 is 5.97 Å².